The molecule has 2 rings (SSSR count). The van der Waals surface area contributed by atoms with Gasteiger partial charge >= 0.3 is 0 Å². The zero-order valence-corrected chi connectivity index (χ0v) is 7.18. The van der Waals surface area contributed by atoms with Crippen molar-refractivity contribution in [3.8, 4) is 0 Å². The zero-order valence-electron chi connectivity index (χ0n) is 7.18. The largest absolute Gasteiger partial charge is 0.294 e. The number of Topliss-reactive ketones (excluding diaryl/α,β-unsaturated/α-hetero) is 1. The fourth-order valence-electron chi connectivity index (χ4n) is 1.67. The smallest absolute Gasteiger partial charge is 0.190 e. The Morgan fingerprint density at radius 3 is 3.00 bits per heavy atom. The van der Waals surface area contributed by atoms with Gasteiger partial charge in [-0.2, -0.15) is 0 Å². The number of aromatic amines is 1. The van der Waals surface area contributed by atoms with Crippen LogP contribution in [0.3, 0.4) is 0 Å². The van der Waals surface area contributed by atoms with Gasteiger partial charge in [-0.15, -0.1) is 0 Å². The predicted molar refractivity (Wildman–Crippen MR) is 45.0 cm³/mol. The molecule has 2 heteroatoms. The minimum atomic E-state index is 0.285. The first-order valence-electron chi connectivity index (χ1n) is 4.32. The lowest BCUT2D eigenvalue weighted by molar-refractivity contribution is -0.400. The fourth-order valence-corrected chi connectivity index (χ4v) is 1.67. The summed E-state index contributed by atoms with van der Waals surface area (Å²) in [4.78, 5) is 14.6. The van der Waals surface area contributed by atoms with Gasteiger partial charge in [-0.05, 0) is 12.5 Å². The molecule has 0 saturated carbocycles. The Morgan fingerprint density at radius 2 is 2.17 bits per heavy atom. The Hall–Kier alpha value is -1.18. The van der Waals surface area contributed by atoms with Crippen LogP contribution < -0.4 is 4.98 Å². The lowest BCUT2D eigenvalue weighted by atomic mass is 9.95. The van der Waals surface area contributed by atoms with E-state index >= 15 is 0 Å². The van der Waals surface area contributed by atoms with Crippen molar-refractivity contribution in [1.82, 2.24) is 0 Å². The molecule has 1 aromatic rings. The number of rotatable bonds is 0. The Morgan fingerprint density at radius 1 is 1.33 bits per heavy atom. The Bertz CT molecular complexity index is 331. The summed E-state index contributed by atoms with van der Waals surface area (Å²) < 4.78 is 0. The SMILES string of the molecule is Cc1ccc2c([nH+]1)CCCC2=O. The van der Waals surface area contributed by atoms with Gasteiger partial charge in [-0.3, -0.25) is 4.79 Å². The van der Waals surface area contributed by atoms with E-state index in [-0.39, 0.29) is 5.78 Å². The van der Waals surface area contributed by atoms with Crippen LogP contribution in [0.2, 0.25) is 0 Å². The molecule has 0 unspecified atom stereocenters. The number of carbonyl (C=O) groups is 1. The molecule has 0 spiro atoms. The molecule has 0 fully saturated rings. The summed E-state index contributed by atoms with van der Waals surface area (Å²) in [5.41, 5.74) is 3.14. The van der Waals surface area contributed by atoms with E-state index in [1.807, 2.05) is 19.1 Å². The molecule has 0 saturated heterocycles. The van der Waals surface area contributed by atoms with Crippen molar-refractivity contribution >= 4 is 5.78 Å². The topological polar surface area (TPSA) is 31.2 Å². The second-order valence-electron chi connectivity index (χ2n) is 3.31. The number of carbonyl (C=O) groups excluding carboxylic acids is 1. The number of hydrogen-bond acceptors (Lipinski definition) is 1. The first kappa shape index (κ1) is 7.47. The van der Waals surface area contributed by atoms with E-state index in [0.717, 1.165) is 29.8 Å². The molecule has 1 aliphatic rings. The van der Waals surface area contributed by atoms with Crippen LogP contribution >= 0.6 is 0 Å². The summed E-state index contributed by atoms with van der Waals surface area (Å²) >= 11 is 0. The Labute approximate surface area is 71.6 Å². The predicted octanol–water partition coefficient (Wildman–Crippen LogP) is 1.33. The summed E-state index contributed by atoms with van der Waals surface area (Å²) in [6.45, 7) is 2.01. The molecule has 0 amide bonds. The van der Waals surface area contributed by atoms with Crippen LogP contribution in [0.1, 0.15) is 34.6 Å². The number of fused-ring (bicyclic) bond motifs is 1. The molecule has 12 heavy (non-hydrogen) atoms. The molecule has 1 aliphatic carbocycles. The third kappa shape index (κ3) is 1.13. The molecular formula is C10H12NO+. The first-order valence-corrected chi connectivity index (χ1v) is 4.32. The highest BCUT2D eigenvalue weighted by Gasteiger charge is 2.21. The maximum absolute atomic E-state index is 11.4. The number of aromatic nitrogens is 1. The quantitative estimate of drug-likeness (QED) is 0.566. The highest BCUT2D eigenvalue weighted by molar-refractivity contribution is 5.97. The molecule has 0 radical (unpaired) electrons. The molecule has 1 N–H and O–H groups in total. The number of aryl methyl sites for hydroxylation is 2. The maximum Gasteiger partial charge on any atom is 0.190 e. The van der Waals surface area contributed by atoms with Crippen molar-refractivity contribution in [3.63, 3.8) is 0 Å². The van der Waals surface area contributed by atoms with Gasteiger partial charge in [0.15, 0.2) is 17.2 Å². The minimum Gasteiger partial charge on any atom is -0.294 e. The van der Waals surface area contributed by atoms with Crippen LogP contribution in [0.4, 0.5) is 0 Å². The van der Waals surface area contributed by atoms with Crippen molar-refractivity contribution < 1.29 is 9.78 Å². The third-order valence-corrected chi connectivity index (χ3v) is 2.30. The van der Waals surface area contributed by atoms with Gasteiger partial charge in [0.2, 0.25) is 0 Å². The standard InChI is InChI=1S/C10H11NO/c1-7-5-6-8-9(11-7)3-2-4-10(8)12/h5-6H,2-4H2,1H3/p+1. The van der Waals surface area contributed by atoms with Gasteiger partial charge in [0, 0.05) is 25.8 Å². The van der Waals surface area contributed by atoms with Crippen LogP contribution in [-0.2, 0) is 6.42 Å². The zero-order chi connectivity index (χ0) is 8.55. The van der Waals surface area contributed by atoms with E-state index in [0.29, 0.717) is 6.42 Å². The van der Waals surface area contributed by atoms with E-state index in [2.05, 4.69) is 4.98 Å². The lowest BCUT2D eigenvalue weighted by Crippen LogP contribution is -2.23. The molecule has 0 atom stereocenters. The Kier molecular flexibility index (Phi) is 1.68. The second-order valence-corrected chi connectivity index (χ2v) is 3.31. The van der Waals surface area contributed by atoms with Crippen LogP contribution in [-0.4, -0.2) is 5.78 Å². The highest BCUT2D eigenvalue weighted by atomic mass is 16.1. The number of hydrogen-bond donors (Lipinski definition) is 0. The molecule has 1 heterocycles. The second kappa shape index (κ2) is 2.70. The van der Waals surface area contributed by atoms with Gasteiger partial charge in [0.25, 0.3) is 0 Å². The summed E-state index contributed by atoms with van der Waals surface area (Å²) in [6.07, 6.45) is 2.72. The molecular weight excluding hydrogens is 150 g/mol. The van der Waals surface area contributed by atoms with Crippen molar-refractivity contribution in [3.05, 3.63) is 29.1 Å². The van der Waals surface area contributed by atoms with Crippen molar-refractivity contribution in [2.75, 3.05) is 0 Å². The normalized spacial score (nSPS) is 15.9. The third-order valence-electron chi connectivity index (χ3n) is 2.30. The van der Waals surface area contributed by atoms with E-state index in [4.69, 9.17) is 0 Å². The first-order chi connectivity index (χ1) is 5.77. The average molecular weight is 162 g/mol. The fraction of sp³-hybridized carbons (Fsp3) is 0.400. The van der Waals surface area contributed by atoms with Crippen LogP contribution in [0.25, 0.3) is 0 Å². The molecule has 1 aromatic heterocycles. The van der Waals surface area contributed by atoms with Gasteiger partial charge < -0.3 is 0 Å². The Balaban J connectivity index is 2.53. The summed E-state index contributed by atoms with van der Waals surface area (Å²) in [7, 11) is 0. The van der Waals surface area contributed by atoms with E-state index in [1.165, 1.54) is 0 Å². The van der Waals surface area contributed by atoms with Crippen LogP contribution in [0.15, 0.2) is 12.1 Å². The molecule has 0 aromatic carbocycles. The summed E-state index contributed by atoms with van der Waals surface area (Å²) in [6, 6.07) is 3.89. The number of H-pyrrole nitrogens is 1. The van der Waals surface area contributed by atoms with Gasteiger partial charge in [0.05, 0.1) is 5.56 Å². The molecule has 2 nitrogen and oxygen atoms in total. The molecule has 0 bridgehead atoms. The van der Waals surface area contributed by atoms with Crippen molar-refractivity contribution in [2.24, 2.45) is 0 Å². The number of pyridine rings is 1. The summed E-state index contributed by atoms with van der Waals surface area (Å²) in [5, 5.41) is 0. The van der Waals surface area contributed by atoms with Crippen molar-refractivity contribution in [1.29, 1.82) is 0 Å². The van der Waals surface area contributed by atoms with E-state index < -0.39 is 0 Å². The molecule has 62 valence electrons. The lowest BCUT2D eigenvalue weighted by Gasteiger charge is -2.08. The average Bonchev–Trinajstić information content (AvgIpc) is 2.04. The van der Waals surface area contributed by atoms with Gasteiger partial charge in [-0.25, -0.2) is 4.98 Å². The number of ketones is 1. The maximum atomic E-state index is 11.4. The van der Waals surface area contributed by atoms with Crippen molar-refractivity contribution in [2.45, 2.75) is 26.2 Å². The van der Waals surface area contributed by atoms with Gasteiger partial charge in [-0.1, -0.05) is 0 Å². The highest BCUT2D eigenvalue weighted by Crippen LogP contribution is 2.16. The van der Waals surface area contributed by atoms with Gasteiger partial charge in [0.1, 0.15) is 0 Å². The monoisotopic (exact) mass is 162 g/mol. The number of nitrogens with one attached hydrogen (secondary N) is 1. The van der Waals surface area contributed by atoms with E-state index in [9.17, 15) is 4.79 Å². The van der Waals surface area contributed by atoms with E-state index in [1.54, 1.807) is 0 Å². The van der Waals surface area contributed by atoms with Crippen LogP contribution in [0.5, 0.6) is 0 Å². The summed E-state index contributed by atoms with van der Waals surface area (Å²) in [5.74, 6) is 0.285. The van der Waals surface area contributed by atoms with Crippen LogP contribution in [0, 0.1) is 6.92 Å². The molecule has 0 aliphatic heterocycles. The minimum absolute atomic E-state index is 0.285.